The average Bonchev–Trinajstić information content (AvgIpc) is 2.82. The molecule has 3 aromatic rings. The molecule has 0 radical (unpaired) electrons. The van der Waals surface area contributed by atoms with Gasteiger partial charge in [0.25, 0.3) is 11.8 Å². The zero-order valence-electron chi connectivity index (χ0n) is 17.2. The Bertz CT molecular complexity index is 1020. The fourth-order valence-electron chi connectivity index (χ4n) is 2.92. The molecule has 6 nitrogen and oxygen atoms in total. The van der Waals surface area contributed by atoms with Crippen molar-refractivity contribution in [1.82, 2.24) is 10.6 Å². The normalized spacial score (nSPS) is 11.3. The minimum atomic E-state index is -0.960. The molecule has 0 aliphatic carbocycles. The van der Waals surface area contributed by atoms with Gasteiger partial charge in [-0.25, -0.2) is 0 Å². The number of rotatable bonds is 8. The van der Waals surface area contributed by atoms with Crippen molar-refractivity contribution < 1.29 is 19.1 Å². The Balaban J connectivity index is 1.43. The second kappa shape index (κ2) is 10.7. The lowest BCUT2D eigenvalue weighted by Crippen LogP contribution is -2.38. The van der Waals surface area contributed by atoms with Gasteiger partial charge in [0, 0.05) is 12.1 Å². The number of carbonyl (C=O) groups is 3. The van der Waals surface area contributed by atoms with Gasteiger partial charge in [-0.2, -0.15) is 0 Å². The van der Waals surface area contributed by atoms with Crippen LogP contribution in [0.2, 0.25) is 0 Å². The first-order valence-corrected chi connectivity index (χ1v) is 9.98. The van der Waals surface area contributed by atoms with Crippen LogP contribution in [-0.2, 0) is 20.9 Å². The van der Waals surface area contributed by atoms with Gasteiger partial charge >= 0.3 is 5.97 Å². The zero-order valence-corrected chi connectivity index (χ0v) is 17.2. The van der Waals surface area contributed by atoms with Gasteiger partial charge in [0.05, 0.1) is 0 Å². The van der Waals surface area contributed by atoms with Crippen LogP contribution in [-0.4, -0.2) is 30.4 Å². The van der Waals surface area contributed by atoms with Crippen molar-refractivity contribution in [3.8, 4) is 11.1 Å². The second-order valence-electron chi connectivity index (χ2n) is 6.96. The Morgan fingerprint density at radius 1 is 0.774 bits per heavy atom. The Labute approximate surface area is 181 Å². The van der Waals surface area contributed by atoms with Crippen LogP contribution in [0.1, 0.15) is 22.8 Å². The molecule has 2 N–H and O–H groups in total. The largest absolute Gasteiger partial charge is 0.451 e. The van der Waals surface area contributed by atoms with Gasteiger partial charge in [0.15, 0.2) is 6.10 Å². The third kappa shape index (κ3) is 6.54. The summed E-state index contributed by atoms with van der Waals surface area (Å²) in [7, 11) is 0. The molecule has 1 unspecified atom stereocenters. The van der Waals surface area contributed by atoms with Gasteiger partial charge in [-0.05, 0) is 35.7 Å². The lowest BCUT2D eigenvalue weighted by atomic mass is 10.0. The summed E-state index contributed by atoms with van der Waals surface area (Å²) in [6, 6.07) is 26.3. The Hall–Kier alpha value is -3.93. The molecule has 31 heavy (non-hydrogen) atoms. The first kappa shape index (κ1) is 21.8. The number of hydrogen-bond acceptors (Lipinski definition) is 4. The number of amides is 2. The van der Waals surface area contributed by atoms with E-state index in [9.17, 15) is 14.4 Å². The van der Waals surface area contributed by atoms with E-state index < -0.39 is 23.9 Å². The van der Waals surface area contributed by atoms with E-state index in [0.29, 0.717) is 12.1 Å². The van der Waals surface area contributed by atoms with Crippen molar-refractivity contribution in [1.29, 1.82) is 0 Å². The summed E-state index contributed by atoms with van der Waals surface area (Å²) >= 11 is 0. The van der Waals surface area contributed by atoms with Gasteiger partial charge in [0.1, 0.15) is 6.54 Å². The quantitative estimate of drug-likeness (QED) is 0.552. The lowest BCUT2D eigenvalue weighted by molar-refractivity contribution is -0.153. The van der Waals surface area contributed by atoms with E-state index in [1.54, 1.807) is 12.1 Å². The van der Waals surface area contributed by atoms with Crippen LogP contribution in [0, 0.1) is 0 Å². The highest BCUT2D eigenvalue weighted by Crippen LogP contribution is 2.19. The van der Waals surface area contributed by atoms with Gasteiger partial charge < -0.3 is 15.4 Å². The molecule has 0 spiro atoms. The van der Waals surface area contributed by atoms with E-state index in [1.807, 2.05) is 72.8 Å². The summed E-state index contributed by atoms with van der Waals surface area (Å²) in [6.07, 6.45) is -0.960. The average molecular weight is 416 g/mol. The third-order valence-corrected chi connectivity index (χ3v) is 4.63. The van der Waals surface area contributed by atoms with Gasteiger partial charge in [-0.3, -0.25) is 14.4 Å². The highest BCUT2D eigenvalue weighted by Gasteiger charge is 2.18. The van der Waals surface area contributed by atoms with Crippen molar-refractivity contribution in [3.63, 3.8) is 0 Å². The molecule has 0 saturated heterocycles. The topological polar surface area (TPSA) is 84.5 Å². The summed E-state index contributed by atoms with van der Waals surface area (Å²) < 4.78 is 5.10. The lowest BCUT2D eigenvalue weighted by Gasteiger charge is -2.14. The van der Waals surface area contributed by atoms with Crippen LogP contribution in [0.15, 0.2) is 84.9 Å². The van der Waals surface area contributed by atoms with Crippen LogP contribution < -0.4 is 10.6 Å². The van der Waals surface area contributed by atoms with E-state index in [-0.39, 0.29) is 6.54 Å². The van der Waals surface area contributed by atoms with E-state index in [0.717, 1.165) is 16.7 Å². The Kier molecular flexibility index (Phi) is 7.54. The summed E-state index contributed by atoms with van der Waals surface area (Å²) in [5.74, 6) is -1.48. The molecule has 6 heteroatoms. The Morgan fingerprint density at radius 2 is 1.35 bits per heavy atom. The smallest absolute Gasteiger partial charge is 0.326 e. The predicted octanol–water partition coefficient (Wildman–Crippen LogP) is 3.33. The summed E-state index contributed by atoms with van der Waals surface area (Å²) in [5, 5.41) is 5.22. The predicted molar refractivity (Wildman–Crippen MR) is 118 cm³/mol. The molecule has 0 aliphatic heterocycles. The molecule has 1 atom stereocenters. The maximum Gasteiger partial charge on any atom is 0.326 e. The van der Waals surface area contributed by atoms with Crippen LogP contribution in [0.5, 0.6) is 0 Å². The van der Waals surface area contributed by atoms with Crippen LogP contribution in [0.4, 0.5) is 0 Å². The molecule has 0 aliphatic rings. The number of ether oxygens (including phenoxy) is 1. The fraction of sp³-hybridized carbons (Fsp3) is 0.160. The standard InChI is InChI=1S/C25H24N2O4/c1-18(24(29)26-16-19-8-4-2-5-9-19)31-23(28)17-27-25(30)22-14-12-21(13-15-22)20-10-6-3-7-11-20/h2-15,18H,16-17H2,1H3,(H,26,29)(H,27,30). The summed E-state index contributed by atoms with van der Waals surface area (Å²) in [5.41, 5.74) is 3.42. The van der Waals surface area contributed by atoms with Crippen molar-refractivity contribution >= 4 is 17.8 Å². The summed E-state index contributed by atoms with van der Waals surface area (Å²) in [6.45, 7) is 1.51. The van der Waals surface area contributed by atoms with Gasteiger partial charge in [-0.15, -0.1) is 0 Å². The Morgan fingerprint density at radius 3 is 2.00 bits per heavy atom. The minimum absolute atomic E-state index is 0.324. The molecule has 0 fully saturated rings. The third-order valence-electron chi connectivity index (χ3n) is 4.63. The van der Waals surface area contributed by atoms with Crippen molar-refractivity contribution in [2.45, 2.75) is 19.6 Å². The minimum Gasteiger partial charge on any atom is -0.451 e. The molecular weight excluding hydrogens is 392 g/mol. The van der Waals surface area contributed by atoms with Gasteiger partial charge in [-0.1, -0.05) is 72.8 Å². The monoisotopic (exact) mass is 416 g/mol. The number of esters is 1. The fourth-order valence-corrected chi connectivity index (χ4v) is 2.92. The van der Waals surface area contributed by atoms with Gasteiger partial charge in [0.2, 0.25) is 0 Å². The molecule has 158 valence electrons. The molecule has 0 heterocycles. The molecule has 3 aromatic carbocycles. The number of carbonyl (C=O) groups excluding carboxylic acids is 3. The molecule has 0 bridgehead atoms. The summed E-state index contributed by atoms with van der Waals surface area (Å²) in [4.78, 5) is 36.4. The van der Waals surface area contributed by atoms with E-state index >= 15 is 0 Å². The molecule has 3 rings (SSSR count). The highest BCUT2D eigenvalue weighted by atomic mass is 16.5. The van der Waals surface area contributed by atoms with E-state index in [4.69, 9.17) is 4.74 Å². The maximum atomic E-state index is 12.3. The van der Waals surface area contributed by atoms with Crippen LogP contribution in [0.3, 0.4) is 0 Å². The maximum absolute atomic E-state index is 12.3. The number of benzene rings is 3. The number of nitrogens with one attached hydrogen (secondary N) is 2. The van der Waals surface area contributed by atoms with Crippen molar-refractivity contribution in [3.05, 3.63) is 96.1 Å². The highest BCUT2D eigenvalue weighted by molar-refractivity contribution is 5.96. The molecule has 0 aromatic heterocycles. The second-order valence-corrected chi connectivity index (χ2v) is 6.96. The van der Waals surface area contributed by atoms with Crippen LogP contribution >= 0.6 is 0 Å². The van der Waals surface area contributed by atoms with Crippen molar-refractivity contribution in [2.24, 2.45) is 0 Å². The molecule has 2 amide bonds. The molecule has 0 saturated carbocycles. The van der Waals surface area contributed by atoms with E-state index in [1.165, 1.54) is 6.92 Å². The van der Waals surface area contributed by atoms with Crippen molar-refractivity contribution in [2.75, 3.05) is 6.54 Å². The zero-order chi connectivity index (χ0) is 22.1. The van der Waals surface area contributed by atoms with Crippen LogP contribution in [0.25, 0.3) is 11.1 Å². The first-order valence-electron chi connectivity index (χ1n) is 9.98. The SMILES string of the molecule is CC(OC(=O)CNC(=O)c1ccc(-c2ccccc2)cc1)C(=O)NCc1ccccc1. The van der Waals surface area contributed by atoms with E-state index in [2.05, 4.69) is 10.6 Å². The first-order chi connectivity index (χ1) is 15.0. The number of hydrogen-bond donors (Lipinski definition) is 2. The molecular formula is C25H24N2O4.